The number of nitrogens with zero attached hydrogens (tertiary/aromatic N) is 2. The van der Waals surface area contributed by atoms with Gasteiger partial charge in [-0.05, 0) is 37.6 Å². The lowest BCUT2D eigenvalue weighted by molar-refractivity contribution is 0.612. The Bertz CT molecular complexity index is 642. The zero-order valence-corrected chi connectivity index (χ0v) is 12.4. The zero-order chi connectivity index (χ0) is 14.8. The number of benzene rings is 1. The fourth-order valence-corrected chi connectivity index (χ4v) is 2.97. The molecule has 1 aliphatic heterocycles. The molecular formula is C17H20FN3. The molecule has 3 nitrogen and oxygen atoms in total. The molecule has 0 radical (unpaired) electrons. The van der Waals surface area contributed by atoms with Gasteiger partial charge in [-0.25, -0.2) is 9.37 Å². The molecule has 0 saturated heterocycles. The molecule has 3 rings (SSSR count). The fourth-order valence-electron chi connectivity index (χ4n) is 2.97. The highest BCUT2D eigenvalue weighted by Crippen LogP contribution is 2.38. The summed E-state index contributed by atoms with van der Waals surface area (Å²) in [6.45, 7) is 5.70. The summed E-state index contributed by atoms with van der Waals surface area (Å²) >= 11 is 0. The third-order valence-electron chi connectivity index (χ3n) is 3.91. The molecule has 0 amide bonds. The van der Waals surface area contributed by atoms with Crippen LogP contribution in [0.1, 0.15) is 25.0 Å². The van der Waals surface area contributed by atoms with E-state index in [4.69, 9.17) is 0 Å². The second-order valence-electron chi connectivity index (χ2n) is 5.47. The zero-order valence-electron chi connectivity index (χ0n) is 12.4. The lowest BCUT2D eigenvalue weighted by Gasteiger charge is -2.26. The second kappa shape index (κ2) is 5.82. The molecule has 1 atom stereocenters. The van der Waals surface area contributed by atoms with E-state index >= 15 is 0 Å². The molecule has 0 saturated carbocycles. The van der Waals surface area contributed by atoms with E-state index in [1.54, 1.807) is 6.07 Å². The van der Waals surface area contributed by atoms with E-state index in [-0.39, 0.29) is 5.82 Å². The first-order chi connectivity index (χ1) is 10.2. The van der Waals surface area contributed by atoms with Crippen LogP contribution in [0, 0.1) is 5.82 Å². The van der Waals surface area contributed by atoms with Crippen molar-refractivity contribution in [1.82, 2.24) is 10.3 Å². The van der Waals surface area contributed by atoms with E-state index in [2.05, 4.69) is 40.3 Å². The van der Waals surface area contributed by atoms with Gasteiger partial charge in [-0.1, -0.05) is 25.1 Å². The number of hydrogen-bond donors (Lipinski definition) is 1. The van der Waals surface area contributed by atoms with Gasteiger partial charge in [-0.2, -0.15) is 0 Å². The summed E-state index contributed by atoms with van der Waals surface area (Å²) in [6.07, 6.45) is 2.30. The molecular weight excluding hydrogens is 265 g/mol. The Morgan fingerprint density at radius 3 is 3.00 bits per heavy atom. The van der Waals surface area contributed by atoms with Crippen LogP contribution in [0.2, 0.25) is 0 Å². The highest BCUT2D eigenvalue weighted by atomic mass is 19.1. The van der Waals surface area contributed by atoms with Gasteiger partial charge < -0.3 is 10.2 Å². The summed E-state index contributed by atoms with van der Waals surface area (Å²) in [6, 6.07) is 10.3. The monoisotopic (exact) mass is 285 g/mol. The molecule has 0 aliphatic carbocycles. The van der Waals surface area contributed by atoms with Crippen LogP contribution in [0.25, 0.3) is 0 Å². The van der Waals surface area contributed by atoms with Gasteiger partial charge in [0.25, 0.3) is 0 Å². The number of para-hydroxylation sites is 1. The summed E-state index contributed by atoms with van der Waals surface area (Å²) in [4.78, 5) is 6.60. The molecule has 1 N–H and O–H groups in total. The summed E-state index contributed by atoms with van der Waals surface area (Å²) in [5.41, 5.74) is 3.41. The smallest absolute Gasteiger partial charge is 0.141 e. The molecule has 110 valence electrons. The summed E-state index contributed by atoms with van der Waals surface area (Å²) in [7, 11) is 0. The van der Waals surface area contributed by atoms with Crippen LogP contribution in [0.5, 0.6) is 0 Å². The van der Waals surface area contributed by atoms with Gasteiger partial charge in [0.15, 0.2) is 0 Å². The SMILES string of the molecule is CCNCc1cc(F)cnc1N1c2ccccc2CC1C. The highest BCUT2D eigenvalue weighted by molar-refractivity contribution is 5.70. The van der Waals surface area contributed by atoms with Crippen LogP contribution in [0.3, 0.4) is 0 Å². The van der Waals surface area contributed by atoms with E-state index in [0.717, 1.165) is 24.3 Å². The molecule has 4 heteroatoms. The van der Waals surface area contributed by atoms with Crippen molar-refractivity contribution in [1.29, 1.82) is 0 Å². The van der Waals surface area contributed by atoms with Crippen molar-refractivity contribution >= 4 is 11.5 Å². The number of hydrogen-bond acceptors (Lipinski definition) is 3. The average molecular weight is 285 g/mol. The summed E-state index contributed by atoms with van der Waals surface area (Å²) in [5, 5.41) is 3.26. The van der Waals surface area contributed by atoms with Crippen molar-refractivity contribution in [3.63, 3.8) is 0 Å². The Morgan fingerprint density at radius 2 is 2.19 bits per heavy atom. The van der Waals surface area contributed by atoms with E-state index in [0.29, 0.717) is 12.6 Å². The van der Waals surface area contributed by atoms with Crippen molar-refractivity contribution in [2.45, 2.75) is 32.9 Å². The number of anilines is 2. The van der Waals surface area contributed by atoms with Crippen molar-refractivity contribution in [3.05, 3.63) is 53.5 Å². The highest BCUT2D eigenvalue weighted by Gasteiger charge is 2.29. The van der Waals surface area contributed by atoms with Gasteiger partial charge in [-0.3, -0.25) is 0 Å². The van der Waals surface area contributed by atoms with Crippen molar-refractivity contribution in [2.75, 3.05) is 11.4 Å². The molecule has 0 bridgehead atoms. The summed E-state index contributed by atoms with van der Waals surface area (Å²) in [5.74, 6) is 0.571. The molecule has 1 aliphatic rings. The Hall–Kier alpha value is -1.94. The molecule has 1 aromatic heterocycles. The number of nitrogens with one attached hydrogen (secondary N) is 1. The van der Waals surface area contributed by atoms with Gasteiger partial charge in [0.1, 0.15) is 11.6 Å². The molecule has 1 unspecified atom stereocenters. The second-order valence-corrected chi connectivity index (χ2v) is 5.47. The van der Waals surface area contributed by atoms with Crippen molar-refractivity contribution in [3.8, 4) is 0 Å². The minimum Gasteiger partial charge on any atom is -0.323 e. The molecule has 2 aromatic rings. The first-order valence-corrected chi connectivity index (χ1v) is 7.43. The maximum absolute atomic E-state index is 13.5. The van der Waals surface area contributed by atoms with Gasteiger partial charge in [-0.15, -0.1) is 0 Å². The van der Waals surface area contributed by atoms with E-state index in [1.807, 2.05) is 13.0 Å². The minimum absolute atomic E-state index is 0.285. The van der Waals surface area contributed by atoms with E-state index in [9.17, 15) is 4.39 Å². The predicted octanol–water partition coefficient (Wildman–Crippen LogP) is 3.41. The third-order valence-corrected chi connectivity index (χ3v) is 3.91. The van der Waals surface area contributed by atoms with Crippen LogP contribution in [0.4, 0.5) is 15.9 Å². The quantitative estimate of drug-likeness (QED) is 0.933. The first-order valence-electron chi connectivity index (χ1n) is 7.43. The molecule has 1 aromatic carbocycles. The third kappa shape index (κ3) is 2.63. The Labute approximate surface area is 124 Å². The minimum atomic E-state index is -0.285. The van der Waals surface area contributed by atoms with Crippen LogP contribution in [-0.2, 0) is 13.0 Å². The number of halogens is 1. The maximum Gasteiger partial charge on any atom is 0.141 e. The normalized spacial score (nSPS) is 17.1. The number of pyridine rings is 1. The first kappa shape index (κ1) is 14.0. The fraction of sp³-hybridized carbons (Fsp3) is 0.353. The molecule has 2 heterocycles. The Kier molecular flexibility index (Phi) is 3.88. The van der Waals surface area contributed by atoms with Crippen LogP contribution in [-0.4, -0.2) is 17.6 Å². The van der Waals surface area contributed by atoms with Gasteiger partial charge >= 0.3 is 0 Å². The lowest BCUT2D eigenvalue weighted by atomic mass is 10.1. The number of rotatable bonds is 4. The standard InChI is InChI=1S/C17H20FN3/c1-3-19-10-14-9-15(18)11-20-17(14)21-12(2)8-13-6-4-5-7-16(13)21/h4-7,9,11-12,19H,3,8,10H2,1-2H3. The van der Waals surface area contributed by atoms with E-state index < -0.39 is 0 Å². The van der Waals surface area contributed by atoms with Crippen LogP contribution in [0.15, 0.2) is 36.5 Å². The molecule has 0 spiro atoms. The largest absolute Gasteiger partial charge is 0.323 e. The topological polar surface area (TPSA) is 28.2 Å². The average Bonchev–Trinajstić information content (AvgIpc) is 2.81. The van der Waals surface area contributed by atoms with Crippen molar-refractivity contribution in [2.24, 2.45) is 0 Å². The summed E-state index contributed by atoms with van der Waals surface area (Å²) < 4.78 is 13.5. The van der Waals surface area contributed by atoms with Gasteiger partial charge in [0.2, 0.25) is 0 Å². The van der Waals surface area contributed by atoms with Crippen LogP contribution >= 0.6 is 0 Å². The molecule has 0 fully saturated rings. The maximum atomic E-state index is 13.5. The van der Waals surface area contributed by atoms with Crippen molar-refractivity contribution < 1.29 is 4.39 Å². The predicted molar refractivity (Wildman–Crippen MR) is 83.3 cm³/mol. The van der Waals surface area contributed by atoms with E-state index in [1.165, 1.54) is 17.4 Å². The molecule has 21 heavy (non-hydrogen) atoms. The van der Waals surface area contributed by atoms with Gasteiger partial charge in [0.05, 0.1) is 6.20 Å². The van der Waals surface area contributed by atoms with Crippen LogP contribution < -0.4 is 10.2 Å². The Balaban J connectivity index is 2.04. The number of aromatic nitrogens is 1. The van der Waals surface area contributed by atoms with Gasteiger partial charge in [0, 0.05) is 23.8 Å². The number of fused-ring (bicyclic) bond motifs is 1. The Morgan fingerprint density at radius 1 is 1.38 bits per heavy atom. The lowest BCUT2D eigenvalue weighted by Crippen LogP contribution is -2.27.